The maximum atomic E-state index is 5.37. The van der Waals surface area contributed by atoms with Gasteiger partial charge in [-0.15, -0.1) is 24.0 Å². The third-order valence-electron chi connectivity index (χ3n) is 6.38. The van der Waals surface area contributed by atoms with Crippen LogP contribution in [-0.4, -0.2) is 70.3 Å². The van der Waals surface area contributed by atoms with Crippen molar-refractivity contribution in [3.63, 3.8) is 0 Å². The van der Waals surface area contributed by atoms with Crippen molar-refractivity contribution in [1.82, 2.24) is 15.5 Å². The van der Waals surface area contributed by atoms with Crippen LogP contribution in [0.4, 0.5) is 5.69 Å². The van der Waals surface area contributed by atoms with Crippen LogP contribution in [0.3, 0.4) is 0 Å². The summed E-state index contributed by atoms with van der Waals surface area (Å²) in [6.07, 6.45) is 5.07. The van der Waals surface area contributed by atoms with Crippen LogP contribution in [0.1, 0.15) is 39.5 Å². The summed E-state index contributed by atoms with van der Waals surface area (Å²) in [5.41, 5.74) is 1.25. The van der Waals surface area contributed by atoms with Crippen molar-refractivity contribution >= 4 is 35.6 Å². The number of guanidine groups is 1. The number of rotatable bonds is 9. The second kappa shape index (κ2) is 14.0. The number of methoxy groups -OCH3 is 1. The largest absolute Gasteiger partial charge is 0.497 e. The van der Waals surface area contributed by atoms with Gasteiger partial charge >= 0.3 is 0 Å². The summed E-state index contributed by atoms with van der Waals surface area (Å²) in [5.74, 6) is 3.39. The Bertz CT molecular complexity index is 663. The predicted octanol–water partition coefficient (Wildman–Crippen LogP) is 3.82. The lowest BCUT2D eigenvalue weighted by Crippen LogP contribution is -2.40. The molecule has 2 aliphatic rings. The third-order valence-corrected chi connectivity index (χ3v) is 6.38. The SMILES string of the molecule is CCNC(=NCC1CCN(c2cccc(OC)c2)C1)NCCCN1CCC(C)CC1.I. The van der Waals surface area contributed by atoms with Gasteiger partial charge in [0.25, 0.3) is 0 Å². The van der Waals surface area contributed by atoms with Crippen molar-refractivity contribution in [2.75, 3.05) is 64.4 Å². The number of benzene rings is 1. The molecule has 1 atom stereocenters. The van der Waals surface area contributed by atoms with Gasteiger partial charge in [0.15, 0.2) is 5.96 Å². The first-order chi connectivity index (χ1) is 14.7. The van der Waals surface area contributed by atoms with E-state index in [4.69, 9.17) is 9.73 Å². The first-order valence-electron chi connectivity index (χ1n) is 11.8. The zero-order valence-corrected chi connectivity index (χ0v) is 21.9. The van der Waals surface area contributed by atoms with Gasteiger partial charge in [0.2, 0.25) is 0 Å². The lowest BCUT2D eigenvalue weighted by atomic mass is 9.99. The fourth-order valence-corrected chi connectivity index (χ4v) is 4.38. The van der Waals surface area contributed by atoms with Crippen molar-refractivity contribution in [3.05, 3.63) is 24.3 Å². The zero-order chi connectivity index (χ0) is 21.2. The molecule has 2 heterocycles. The Kier molecular flexibility index (Phi) is 11.8. The first-order valence-corrected chi connectivity index (χ1v) is 11.8. The Morgan fingerprint density at radius 2 is 1.97 bits per heavy atom. The second-order valence-electron chi connectivity index (χ2n) is 8.83. The van der Waals surface area contributed by atoms with Crippen LogP contribution >= 0.6 is 24.0 Å². The van der Waals surface area contributed by atoms with Gasteiger partial charge in [-0.3, -0.25) is 4.99 Å². The molecular weight excluding hydrogens is 501 g/mol. The van der Waals surface area contributed by atoms with Crippen molar-refractivity contribution in [2.45, 2.75) is 39.5 Å². The molecule has 6 nitrogen and oxygen atoms in total. The van der Waals surface area contributed by atoms with E-state index in [1.807, 2.05) is 6.07 Å². The van der Waals surface area contributed by atoms with Crippen LogP contribution in [0.25, 0.3) is 0 Å². The molecule has 0 radical (unpaired) electrons. The Balaban J connectivity index is 0.00000341. The van der Waals surface area contributed by atoms with Crippen molar-refractivity contribution in [1.29, 1.82) is 0 Å². The van der Waals surface area contributed by atoms with E-state index in [0.717, 1.165) is 50.4 Å². The predicted molar refractivity (Wildman–Crippen MR) is 142 cm³/mol. The molecule has 2 aliphatic heterocycles. The fourth-order valence-electron chi connectivity index (χ4n) is 4.38. The summed E-state index contributed by atoms with van der Waals surface area (Å²) in [6, 6.07) is 8.36. The van der Waals surface area contributed by atoms with Crippen LogP contribution in [0.5, 0.6) is 5.75 Å². The van der Waals surface area contributed by atoms with Gasteiger partial charge in [0.05, 0.1) is 7.11 Å². The molecule has 176 valence electrons. The molecule has 2 N–H and O–H groups in total. The molecule has 1 unspecified atom stereocenters. The molecule has 0 amide bonds. The van der Waals surface area contributed by atoms with Crippen LogP contribution < -0.4 is 20.3 Å². The van der Waals surface area contributed by atoms with Crippen molar-refractivity contribution < 1.29 is 4.74 Å². The number of aliphatic imine (C=N–C) groups is 1. The molecular formula is C24H42IN5O. The molecule has 0 aromatic heterocycles. The van der Waals surface area contributed by atoms with E-state index < -0.39 is 0 Å². The number of nitrogens with zero attached hydrogens (tertiary/aromatic N) is 3. The molecule has 1 aromatic carbocycles. The average Bonchev–Trinajstić information content (AvgIpc) is 3.25. The average molecular weight is 544 g/mol. The van der Waals surface area contributed by atoms with Crippen LogP contribution in [-0.2, 0) is 0 Å². The Labute approximate surface area is 206 Å². The van der Waals surface area contributed by atoms with Crippen LogP contribution in [0.15, 0.2) is 29.3 Å². The minimum atomic E-state index is 0. The number of hydrogen-bond donors (Lipinski definition) is 2. The molecule has 2 saturated heterocycles. The standard InChI is InChI=1S/C24H41N5O.HI/c1-4-25-24(26-12-6-13-28-14-9-20(2)10-15-28)27-18-21-11-16-29(19-21)22-7-5-8-23(17-22)30-3;/h5,7-8,17,20-21H,4,6,9-16,18-19H2,1-3H3,(H2,25,26,27);1H. The van der Waals surface area contributed by atoms with Gasteiger partial charge in [0, 0.05) is 44.5 Å². The van der Waals surface area contributed by atoms with Gasteiger partial charge in [0.1, 0.15) is 5.75 Å². The first kappa shape index (κ1) is 26.0. The number of ether oxygens (including phenoxy) is 1. The lowest BCUT2D eigenvalue weighted by Gasteiger charge is -2.30. The topological polar surface area (TPSA) is 52.1 Å². The molecule has 0 aliphatic carbocycles. The quantitative estimate of drug-likeness (QED) is 0.215. The minimum Gasteiger partial charge on any atom is -0.497 e. The van der Waals surface area contributed by atoms with Gasteiger partial charge in [-0.1, -0.05) is 13.0 Å². The molecule has 2 fully saturated rings. The summed E-state index contributed by atoms with van der Waals surface area (Å²) in [5, 5.41) is 6.94. The Morgan fingerprint density at radius 1 is 1.16 bits per heavy atom. The molecule has 0 bridgehead atoms. The summed E-state index contributed by atoms with van der Waals surface area (Å²) >= 11 is 0. The van der Waals surface area contributed by atoms with Gasteiger partial charge in [-0.2, -0.15) is 0 Å². The fraction of sp³-hybridized carbons (Fsp3) is 0.708. The van der Waals surface area contributed by atoms with E-state index >= 15 is 0 Å². The monoisotopic (exact) mass is 543 g/mol. The summed E-state index contributed by atoms with van der Waals surface area (Å²) in [4.78, 5) is 9.94. The summed E-state index contributed by atoms with van der Waals surface area (Å²) in [7, 11) is 1.73. The van der Waals surface area contributed by atoms with E-state index in [-0.39, 0.29) is 24.0 Å². The molecule has 1 aromatic rings. The van der Waals surface area contributed by atoms with Crippen molar-refractivity contribution in [2.24, 2.45) is 16.8 Å². The van der Waals surface area contributed by atoms with Gasteiger partial charge in [-0.05, 0) is 76.2 Å². The Hall–Kier alpha value is -1.22. The highest BCUT2D eigenvalue weighted by atomic mass is 127. The van der Waals surface area contributed by atoms with E-state index in [1.165, 1.54) is 51.0 Å². The number of halogens is 1. The smallest absolute Gasteiger partial charge is 0.191 e. The Morgan fingerprint density at radius 3 is 2.71 bits per heavy atom. The molecule has 31 heavy (non-hydrogen) atoms. The number of nitrogens with one attached hydrogen (secondary N) is 2. The molecule has 7 heteroatoms. The highest BCUT2D eigenvalue weighted by molar-refractivity contribution is 14.0. The maximum Gasteiger partial charge on any atom is 0.191 e. The van der Waals surface area contributed by atoms with E-state index in [1.54, 1.807) is 7.11 Å². The number of anilines is 1. The van der Waals surface area contributed by atoms with E-state index in [0.29, 0.717) is 5.92 Å². The van der Waals surface area contributed by atoms with Gasteiger partial charge in [-0.25, -0.2) is 0 Å². The highest BCUT2D eigenvalue weighted by Gasteiger charge is 2.23. The van der Waals surface area contributed by atoms with Crippen molar-refractivity contribution in [3.8, 4) is 5.75 Å². The van der Waals surface area contributed by atoms with Crippen LogP contribution in [0.2, 0.25) is 0 Å². The van der Waals surface area contributed by atoms with E-state index in [9.17, 15) is 0 Å². The molecule has 0 spiro atoms. The number of likely N-dealkylation sites (tertiary alicyclic amines) is 1. The second-order valence-corrected chi connectivity index (χ2v) is 8.83. The molecule has 0 saturated carbocycles. The number of hydrogen-bond acceptors (Lipinski definition) is 4. The molecule has 3 rings (SSSR count). The van der Waals surface area contributed by atoms with E-state index in [2.05, 4.69) is 52.5 Å². The maximum absolute atomic E-state index is 5.37. The lowest BCUT2D eigenvalue weighted by molar-refractivity contribution is 0.191. The normalized spacial score (nSPS) is 20.4. The third kappa shape index (κ3) is 8.67. The highest BCUT2D eigenvalue weighted by Crippen LogP contribution is 2.27. The summed E-state index contributed by atoms with van der Waals surface area (Å²) in [6.45, 7) is 13.1. The summed E-state index contributed by atoms with van der Waals surface area (Å²) < 4.78 is 5.37. The van der Waals surface area contributed by atoms with Crippen LogP contribution in [0, 0.1) is 11.8 Å². The van der Waals surface area contributed by atoms with Gasteiger partial charge < -0.3 is 25.2 Å². The zero-order valence-electron chi connectivity index (χ0n) is 19.6. The minimum absolute atomic E-state index is 0. The number of piperidine rings is 1.